The van der Waals surface area contributed by atoms with Crippen LogP contribution in [0.4, 0.5) is 17.1 Å². The van der Waals surface area contributed by atoms with Crippen molar-refractivity contribution in [3.8, 4) is 11.3 Å². The van der Waals surface area contributed by atoms with E-state index >= 15 is 0 Å². The molecule has 12 heteroatoms. The molecule has 0 radical (unpaired) electrons. The number of anilines is 2. The lowest BCUT2D eigenvalue weighted by Crippen LogP contribution is -2.38. The number of nitro groups is 1. The molecule has 1 saturated heterocycles. The van der Waals surface area contributed by atoms with Gasteiger partial charge in [0.2, 0.25) is 0 Å². The number of hydrogen-bond acceptors (Lipinski definition) is 9. The predicted molar refractivity (Wildman–Crippen MR) is 135 cm³/mol. The van der Waals surface area contributed by atoms with Crippen molar-refractivity contribution in [1.82, 2.24) is 5.32 Å². The summed E-state index contributed by atoms with van der Waals surface area (Å²) in [7, 11) is 1.29. The number of carbonyl (C=O) groups excluding carboxylic acids is 2. The Balaban J connectivity index is 1.51. The lowest BCUT2D eigenvalue weighted by Gasteiger charge is -2.31. The van der Waals surface area contributed by atoms with E-state index in [0.717, 1.165) is 5.69 Å². The zero-order valence-corrected chi connectivity index (χ0v) is 20.0. The van der Waals surface area contributed by atoms with Gasteiger partial charge in [-0.25, -0.2) is 4.79 Å². The molecular formula is C24H22N4O7S. The molecule has 0 unspecified atom stereocenters. The standard InChI is InChI=1S/C24H22N4O7S/c1-33-23(30)15-6-7-19(27-10-12-34-13-11-27)17(14-15)25-24(36)26-22(29)21-9-8-20(35-21)16-4-2-3-5-18(16)28(31)32/h2-9,14H,10-13H2,1H3,(H2,25,26,29,36). The quantitative estimate of drug-likeness (QED) is 0.219. The molecule has 0 atom stereocenters. The topological polar surface area (TPSA) is 136 Å². The molecule has 1 aliphatic rings. The van der Waals surface area contributed by atoms with Crippen LogP contribution in [0, 0.1) is 10.1 Å². The molecule has 2 heterocycles. The minimum Gasteiger partial charge on any atom is -0.465 e. The zero-order chi connectivity index (χ0) is 25.7. The molecule has 1 amide bonds. The fraction of sp³-hybridized carbons (Fsp3) is 0.208. The van der Waals surface area contributed by atoms with Gasteiger partial charge in [-0.1, -0.05) is 12.1 Å². The number of morpholine rings is 1. The van der Waals surface area contributed by atoms with Gasteiger partial charge in [-0.3, -0.25) is 20.2 Å². The Bertz CT molecular complexity index is 1320. The summed E-state index contributed by atoms with van der Waals surface area (Å²) in [6.07, 6.45) is 0. The van der Waals surface area contributed by atoms with E-state index in [9.17, 15) is 19.7 Å². The van der Waals surface area contributed by atoms with Gasteiger partial charge in [0.05, 0.1) is 47.7 Å². The third-order valence-electron chi connectivity index (χ3n) is 5.44. The van der Waals surface area contributed by atoms with Gasteiger partial charge < -0.3 is 24.1 Å². The van der Waals surface area contributed by atoms with Crippen LogP contribution >= 0.6 is 12.2 Å². The Kier molecular flexibility index (Phi) is 7.56. The largest absolute Gasteiger partial charge is 0.465 e. The Morgan fingerprint density at radius 2 is 1.86 bits per heavy atom. The second-order valence-corrected chi connectivity index (χ2v) is 8.08. The summed E-state index contributed by atoms with van der Waals surface area (Å²) in [5.41, 5.74) is 1.70. The van der Waals surface area contributed by atoms with Crippen molar-refractivity contribution in [1.29, 1.82) is 0 Å². The monoisotopic (exact) mass is 510 g/mol. The number of furan rings is 1. The van der Waals surface area contributed by atoms with Crippen molar-refractivity contribution in [2.45, 2.75) is 0 Å². The van der Waals surface area contributed by atoms with Crippen LogP contribution in [-0.2, 0) is 9.47 Å². The highest BCUT2D eigenvalue weighted by atomic mass is 32.1. The SMILES string of the molecule is COC(=O)c1ccc(N2CCOCC2)c(NC(=S)NC(=O)c2ccc(-c3ccccc3[N+](=O)[O-])o2)c1. The maximum absolute atomic E-state index is 12.7. The van der Waals surface area contributed by atoms with Gasteiger partial charge in [0.25, 0.3) is 11.6 Å². The van der Waals surface area contributed by atoms with Crippen LogP contribution < -0.4 is 15.5 Å². The van der Waals surface area contributed by atoms with Gasteiger partial charge >= 0.3 is 5.97 Å². The Morgan fingerprint density at radius 3 is 2.58 bits per heavy atom. The summed E-state index contributed by atoms with van der Waals surface area (Å²) >= 11 is 5.33. The highest BCUT2D eigenvalue weighted by Gasteiger charge is 2.21. The third kappa shape index (κ3) is 5.50. The van der Waals surface area contributed by atoms with Crippen molar-refractivity contribution < 1.29 is 28.4 Å². The molecule has 11 nitrogen and oxygen atoms in total. The van der Waals surface area contributed by atoms with Crippen LogP contribution in [0.1, 0.15) is 20.9 Å². The summed E-state index contributed by atoms with van der Waals surface area (Å²) < 4.78 is 15.8. The molecule has 2 aromatic carbocycles. The molecule has 0 aliphatic carbocycles. The number of hydrogen-bond donors (Lipinski definition) is 2. The number of carbonyl (C=O) groups is 2. The first-order valence-electron chi connectivity index (χ1n) is 10.9. The molecule has 0 saturated carbocycles. The number of ether oxygens (including phenoxy) is 2. The van der Waals surface area contributed by atoms with Gasteiger partial charge in [-0.05, 0) is 48.6 Å². The molecule has 186 valence electrons. The van der Waals surface area contributed by atoms with Crippen LogP contribution in [-0.4, -0.2) is 55.3 Å². The number of nitro benzene ring substituents is 1. The van der Waals surface area contributed by atoms with E-state index in [-0.39, 0.29) is 27.9 Å². The molecule has 3 aromatic rings. The number of para-hydroxylation sites is 1. The summed E-state index contributed by atoms with van der Waals surface area (Å²) in [6.45, 7) is 2.40. The smallest absolute Gasteiger partial charge is 0.337 e. The average molecular weight is 511 g/mol. The first kappa shape index (κ1) is 24.8. The Labute approximate surface area is 211 Å². The van der Waals surface area contributed by atoms with Crippen LogP contribution in [0.2, 0.25) is 0 Å². The van der Waals surface area contributed by atoms with Gasteiger partial charge in [0, 0.05) is 19.2 Å². The summed E-state index contributed by atoms with van der Waals surface area (Å²) in [5, 5.41) is 16.8. The molecule has 0 bridgehead atoms. The highest BCUT2D eigenvalue weighted by Crippen LogP contribution is 2.31. The average Bonchev–Trinajstić information content (AvgIpc) is 3.39. The number of benzene rings is 2. The van der Waals surface area contributed by atoms with Crippen LogP contribution in [0.3, 0.4) is 0 Å². The Morgan fingerprint density at radius 1 is 1.11 bits per heavy atom. The van der Waals surface area contributed by atoms with E-state index in [1.807, 2.05) is 0 Å². The summed E-state index contributed by atoms with van der Waals surface area (Å²) in [5.74, 6) is -1.07. The minimum atomic E-state index is -0.644. The maximum atomic E-state index is 12.7. The van der Waals surface area contributed by atoms with Crippen molar-refractivity contribution in [3.63, 3.8) is 0 Å². The fourth-order valence-electron chi connectivity index (χ4n) is 3.73. The summed E-state index contributed by atoms with van der Waals surface area (Å²) in [6, 6.07) is 14.0. The molecule has 36 heavy (non-hydrogen) atoms. The highest BCUT2D eigenvalue weighted by molar-refractivity contribution is 7.80. The van der Waals surface area contributed by atoms with Crippen LogP contribution in [0.5, 0.6) is 0 Å². The number of methoxy groups -OCH3 is 1. The van der Waals surface area contributed by atoms with Crippen molar-refractivity contribution in [2.24, 2.45) is 0 Å². The van der Waals surface area contributed by atoms with Gasteiger partial charge in [0.15, 0.2) is 10.9 Å². The maximum Gasteiger partial charge on any atom is 0.337 e. The van der Waals surface area contributed by atoms with E-state index in [1.165, 1.54) is 31.4 Å². The van der Waals surface area contributed by atoms with E-state index in [2.05, 4.69) is 15.5 Å². The van der Waals surface area contributed by atoms with Crippen LogP contribution in [0.25, 0.3) is 11.3 Å². The van der Waals surface area contributed by atoms with Crippen LogP contribution in [0.15, 0.2) is 59.0 Å². The fourth-order valence-corrected chi connectivity index (χ4v) is 3.93. The molecule has 2 N–H and O–H groups in total. The first-order chi connectivity index (χ1) is 17.4. The third-order valence-corrected chi connectivity index (χ3v) is 5.64. The number of rotatable bonds is 6. The van der Waals surface area contributed by atoms with Gasteiger partial charge in [-0.2, -0.15) is 0 Å². The van der Waals surface area contributed by atoms with Crippen molar-refractivity contribution >= 4 is 46.3 Å². The number of nitrogens with zero attached hydrogens (tertiary/aromatic N) is 2. The van der Waals surface area contributed by atoms with Crippen molar-refractivity contribution in [3.05, 3.63) is 76.0 Å². The Hall–Kier alpha value is -4.29. The van der Waals surface area contributed by atoms with Gasteiger partial charge in [-0.15, -0.1) is 0 Å². The van der Waals surface area contributed by atoms with Gasteiger partial charge in [0.1, 0.15) is 5.76 Å². The normalized spacial score (nSPS) is 13.1. The van der Waals surface area contributed by atoms with E-state index < -0.39 is 16.8 Å². The zero-order valence-electron chi connectivity index (χ0n) is 19.2. The second kappa shape index (κ2) is 11.0. The van der Waals surface area contributed by atoms with E-state index in [1.54, 1.807) is 30.3 Å². The number of thiocarbonyl (C=S) groups is 1. The second-order valence-electron chi connectivity index (χ2n) is 7.67. The molecular weight excluding hydrogens is 488 g/mol. The molecule has 1 aromatic heterocycles. The molecule has 1 fully saturated rings. The van der Waals surface area contributed by atoms with E-state index in [0.29, 0.717) is 37.6 Å². The first-order valence-corrected chi connectivity index (χ1v) is 11.3. The minimum absolute atomic E-state index is 0.0276. The number of nitrogens with one attached hydrogen (secondary N) is 2. The lowest BCUT2D eigenvalue weighted by atomic mass is 10.1. The molecule has 1 aliphatic heterocycles. The summed E-state index contributed by atoms with van der Waals surface area (Å²) in [4.78, 5) is 37.6. The molecule has 4 rings (SSSR count). The number of esters is 1. The molecule has 0 spiro atoms. The van der Waals surface area contributed by atoms with E-state index in [4.69, 9.17) is 26.1 Å². The predicted octanol–water partition coefficient (Wildman–Crippen LogP) is 3.60. The lowest BCUT2D eigenvalue weighted by molar-refractivity contribution is -0.384. The van der Waals surface area contributed by atoms with Crippen molar-refractivity contribution in [2.75, 3.05) is 43.6 Å². The number of amides is 1.